The van der Waals surface area contributed by atoms with Crippen LogP contribution in [0.15, 0.2) is 60.7 Å². The maximum atomic E-state index is 12.4. The van der Waals surface area contributed by atoms with Crippen LogP contribution in [-0.2, 0) is 9.53 Å². The minimum atomic E-state index is -1.14. The molecule has 0 aliphatic carbocycles. The third kappa shape index (κ3) is 3.36. The van der Waals surface area contributed by atoms with E-state index in [-0.39, 0.29) is 0 Å². The van der Waals surface area contributed by atoms with Crippen LogP contribution in [0.5, 0.6) is 0 Å². The van der Waals surface area contributed by atoms with Gasteiger partial charge in [0.15, 0.2) is 0 Å². The van der Waals surface area contributed by atoms with Crippen molar-refractivity contribution in [1.82, 2.24) is 4.98 Å². The molecule has 1 amide bonds. The van der Waals surface area contributed by atoms with E-state index in [1.54, 1.807) is 60.7 Å². The Hall–Kier alpha value is -2.92. The summed E-state index contributed by atoms with van der Waals surface area (Å²) in [6.45, 7) is 0. The summed E-state index contributed by atoms with van der Waals surface area (Å²) in [4.78, 5) is 28.2. The van der Waals surface area contributed by atoms with Crippen LogP contribution >= 0.6 is 11.6 Å². The zero-order chi connectivity index (χ0) is 17.1. The number of fused-ring (bicyclic) bond motifs is 1. The molecule has 3 aromatic rings. The van der Waals surface area contributed by atoms with Crippen molar-refractivity contribution >= 4 is 34.4 Å². The Kier molecular flexibility index (Phi) is 4.44. The lowest BCUT2D eigenvalue weighted by Crippen LogP contribution is -2.26. The van der Waals surface area contributed by atoms with Crippen molar-refractivity contribution in [3.63, 3.8) is 0 Å². The van der Waals surface area contributed by atoms with E-state index < -0.39 is 18.0 Å². The van der Waals surface area contributed by atoms with E-state index >= 15 is 0 Å². The molecule has 0 fully saturated rings. The number of carbonyl (C=O) groups excluding carboxylic acids is 2. The Balaban J connectivity index is 1.88. The number of hydrogen-bond acceptors (Lipinski definition) is 4. The van der Waals surface area contributed by atoms with Crippen molar-refractivity contribution in [2.45, 2.75) is 6.10 Å². The summed E-state index contributed by atoms with van der Waals surface area (Å²) in [6.07, 6.45) is -1.14. The molecular formula is C18H13ClN2O3. The number of ether oxygens (including phenoxy) is 1. The molecule has 2 N–H and O–H groups in total. The SMILES string of the molecule is NC(=O)C(OC(=O)c1ccc2nc(Cl)ccc2c1)c1ccccc1. The number of rotatable bonds is 4. The molecule has 120 valence electrons. The smallest absolute Gasteiger partial charge is 0.339 e. The van der Waals surface area contributed by atoms with Crippen molar-refractivity contribution in [3.8, 4) is 0 Å². The van der Waals surface area contributed by atoms with Crippen molar-refractivity contribution < 1.29 is 14.3 Å². The van der Waals surface area contributed by atoms with Gasteiger partial charge in [0.1, 0.15) is 5.15 Å². The largest absolute Gasteiger partial charge is 0.444 e. The first-order valence-electron chi connectivity index (χ1n) is 7.16. The van der Waals surface area contributed by atoms with E-state index in [4.69, 9.17) is 22.1 Å². The topological polar surface area (TPSA) is 82.3 Å². The summed E-state index contributed by atoms with van der Waals surface area (Å²) >= 11 is 5.84. The van der Waals surface area contributed by atoms with Gasteiger partial charge in [-0.2, -0.15) is 0 Å². The molecule has 6 heteroatoms. The second kappa shape index (κ2) is 6.68. The van der Waals surface area contributed by atoms with Gasteiger partial charge in [-0.3, -0.25) is 4.79 Å². The first-order chi connectivity index (χ1) is 11.5. The number of aromatic nitrogens is 1. The van der Waals surface area contributed by atoms with Crippen LogP contribution in [0, 0.1) is 0 Å². The van der Waals surface area contributed by atoms with Gasteiger partial charge in [-0.25, -0.2) is 9.78 Å². The standard InChI is InChI=1S/C18H13ClN2O3/c19-15-9-7-12-10-13(6-8-14(12)21-15)18(23)24-16(17(20)22)11-4-2-1-3-5-11/h1-10,16H,(H2,20,22). The van der Waals surface area contributed by atoms with Crippen LogP contribution in [0.1, 0.15) is 22.0 Å². The van der Waals surface area contributed by atoms with Crippen molar-refractivity contribution in [3.05, 3.63) is 76.9 Å². The van der Waals surface area contributed by atoms with E-state index in [1.165, 1.54) is 0 Å². The number of esters is 1. The summed E-state index contributed by atoms with van der Waals surface area (Å²) in [5.74, 6) is -1.37. The highest BCUT2D eigenvalue weighted by molar-refractivity contribution is 6.29. The second-order valence-electron chi connectivity index (χ2n) is 5.14. The number of nitrogens with two attached hydrogens (primary N) is 1. The number of nitrogens with zero attached hydrogens (tertiary/aromatic N) is 1. The number of benzene rings is 2. The third-order valence-corrected chi connectivity index (χ3v) is 3.69. The van der Waals surface area contributed by atoms with E-state index in [0.717, 1.165) is 5.39 Å². The van der Waals surface area contributed by atoms with Crippen LogP contribution < -0.4 is 5.73 Å². The van der Waals surface area contributed by atoms with E-state index in [0.29, 0.717) is 21.8 Å². The summed E-state index contributed by atoms with van der Waals surface area (Å²) < 4.78 is 5.30. The molecule has 1 unspecified atom stereocenters. The monoisotopic (exact) mass is 340 g/mol. The number of halogens is 1. The lowest BCUT2D eigenvalue weighted by Gasteiger charge is -2.15. The summed E-state index contributed by atoms with van der Waals surface area (Å²) in [5.41, 5.74) is 6.84. The normalized spacial score (nSPS) is 11.9. The predicted molar refractivity (Wildman–Crippen MR) is 90.5 cm³/mol. The molecule has 1 heterocycles. The molecule has 1 atom stereocenters. The lowest BCUT2D eigenvalue weighted by atomic mass is 10.1. The maximum absolute atomic E-state index is 12.4. The van der Waals surface area contributed by atoms with Crippen molar-refractivity contribution in [1.29, 1.82) is 0 Å². The zero-order valence-corrected chi connectivity index (χ0v) is 13.2. The molecule has 1 aromatic heterocycles. The Morgan fingerprint density at radius 2 is 1.79 bits per heavy atom. The molecule has 24 heavy (non-hydrogen) atoms. The number of carbonyl (C=O) groups is 2. The molecule has 0 saturated carbocycles. The van der Waals surface area contributed by atoms with Crippen LogP contribution in [0.2, 0.25) is 5.15 Å². The van der Waals surface area contributed by atoms with Gasteiger partial charge in [0.25, 0.3) is 5.91 Å². The number of amides is 1. The fraction of sp³-hybridized carbons (Fsp3) is 0.0556. The van der Waals surface area contributed by atoms with Gasteiger partial charge in [-0.15, -0.1) is 0 Å². The minimum Gasteiger partial charge on any atom is -0.444 e. The number of pyridine rings is 1. The fourth-order valence-corrected chi connectivity index (χ4v) is 2.48. The van der Waals surface area contributed by atoms with E-state index in [9.17, 15) is 9.59 Å². The maximum Gasteiger partial charge on any atom is 0.339 e. The molecule has 5 nitrogen and oxygen atoms in total. The fourth-order valence-electron chi connectivity index (χ4n) is 2.32. The molecule has 3 rings (SSSR count). The third-order valence-electron chi connectivity index (χ3n) is 3.48. The van der Waals surface area contributed by atoms with Gasteiger partial charge in [0, 0.05) is 10.9 Å². The summed E-state index contributed by atoms with van der Waals surface area (Å²) in [6, 6.07) is 16.9. The van der Waals surface area contributed by atoms with E-state index in [1.807, 2.05) is 0 Å². The van der Waals surface area contributed by atoms with Crippen LogP contribution in [0.3, 0.4) is 0 Å². The average molecular weight is 341 g/mol. The molecule has 0 saturated heterocycles. The first-order valence-corrected chi connectivity index (χ1v) is 7.54. The Bertz CT molecular complexity index is 913. The van der Waals surface area contributed by atoms with Crippen LogP contribution in [0.4, 0.5) is 0 Å². The van der Waals surface area contributed by atoms with Crippen molar-refractivity contribution in [2.24, 2.45) is 5.73 Å². The first kappa shape index (κ1) is 16.0. The van der Waals surface area contributed by atoms with E-state index in [2.05, 4.69) is 4.98 Å². The van der Waals surface area contributed by atoms with Gasteiger partial charge < -0.3 is 10.5 Å². The number of hydrogen-bond donors (Lipinski definition) is 1. The predicted octanol–water partition coefficient (Wildman–Crippen LogP) is 3.27. The Labute approximate surface area is 143 Å². The minimum absolute atomic E-state index is 0.300. The molecule has 0 bridgehead atoms. The summed E-state index contributed by atoms with van der Waals surface area (Å²) in [7, 11) is 0. The van der Waals surface area contributed by atoms with Crippen LogP contribution in [-0.4, -0.2) is 16.9 Å². The average Bonchev–Trinajstić information content (AvgIpc) is 2.59. The number of primary amides is 1. The molecule has 0 radical (unpaired) electrons. The molecular weight excluding hydrogens is 328 g/mol. The van der Waals surface area contributed by atoms with Crippen LogP contribution in [0.25, 0.3) is 10.9 Å². The van der Waals surface area contributed by atoms with Gasteiger partial charge in [0.2, 0.25) is 6.10 Å². The molecule has 2 aromatic carbocycles. The van der Waals surface area contributed by atoms with Gasteiger partial charge >= 0.3 is 5.97 Å². The summed E-state index contributed by atoms with van der Waals surface area (Å²) in [5, 5.41) is 1.11. The highest BCUT2D eigenvalue weighted by atomic mass is 35.5. The Morgan fingerprint density at radius 3 is 2.50 bits per heavy atom. The van der Waals surface area contributed by atoms with Crippen molar-refractivity contribution in [2.75, 3.05) is 0 Å². The van der Waals surface area contributed by atoms with Gasteiger partial charge in [-0.05, 0) is 30.3 Å². The Morgan fingerprint density at radius 1 is 1.04 bits per heavy atom. The molecule has 0 aliphatic rings. The molecule has 0 spiro atoms. The lowest BCUT2D eigenvalue weighted by molar-refractivity contribution is -0.127. The second-order valence-corrected chi connectivity index (χ2v) is 5.53. The highest BCUT2D eigenvalue weighted by Gasteiger charge is 2.23. The highest BCUT2D eigenvalue weighted by Crippen LogP contribution is 2.21. The van der Waals surface area contributed by atoms with Gasteiger partial charge in [0.05, 0.1) is 11.1 Å². The molecule has 0 aliphatic heterocycles. The van der Waals surface area contributed by atoms with Gasteiger partial charge in [-0.1, -0.05) is 41.9 Å². The quantitative estimate of drug-likeness (QED) is 0.583. The zero-order valence-electron chi connectivity index (χ0n) is 12.5.